The third-order valence-electron chi connectivity index (χ3n) is 3.39. The van der Waals surface area contributed by atoms with Crippen LogP contribution in [0.25, 0.3) is 11.0 Å². The molecule has 1 N–H and O–H groups in total. The molecule has 22 heavy (non-hydrogen) atoms. The highest BCUT2D eigenvalue weighted by Crippen LogP contribution is 2.10. The molecule has 4 nitrogen and oxygen atoms in total. The van der Waals surface area contributed by atoms with Crippen molar-refractivity contribution in [1.82, 2.24) is 9.97 Å². The van der Waals surface area contributed by atoms with Gasteiger partial charge in [0.1, 0.15) is 0 Å². The van der Waals surface area contributed by atoms with Crippen molar-refractivity contribution >= 4 is 17.2 Å². The highest BCUT2D eigenvalue weighted by Gasteiger charge is 2.00. The number of aliphatic imine (C=N–C) groups is 1. The van der Waals surface area contributed by atoms with Crippen molar-refractivity contribution in [3.05, 3.63) is 66.0 Å². The Hall–Kier alpha value is -2.46. The van der Waals surface area contributed by atoms with Crippen molar-refractivity contribution in [3.63, 3.8) is 0 Å². The molecule has 0 aliphatic rings. The first kappa shape index (κ1) is 14.5. The first-order valence-corrected chi connectivity index (χ1v) is 7.39. The van der Waals surface area contributed by atoms with E-state index in [1.54, 1.807) is 6.33 Å². The maximum atomic E-state index is 5.70. The molecule has 0 saturated carbocycles. The summed E-state index contributed by atoms with van der Waals surface area (Å²) in [5, 5.41) is 0. The SMILES string of the molecule is CC(COCc1ccccc1)N=Cc1ccc2nc[nH]c2c1. The van der Waals surface area contributed by atoms with Gasteiger partial charge in [0.05, 0.1) is 36.6 Å². The highest BCUT2D eigenvalue weighted by atomic mass is 16.5. The molecule has 1 atom stereocenters. The molecule has 0 aliphatic heterocycles. The molecular formula is C18H19N3O. The second-order valence-electron chi connectivity index (χ2n) is 5.31. The van der Waals surface area contributed by atoms with Gasteiger partial charge < -0.3 is 9.72 Å². The number of benzene rings is 2. The van der Waals surface area contributed by atoms with Gasteiger partial charge in [-0.1, -0.05) is 36.4 Å². The molecule has 0 bridgehead atoms. The first-order chi connectivity index (χ1) is 10.8. The summed E-state index contributed by atoms with van der Waals surface area (Å²) in [5.74, 6) is 0. The zero-order valence-corrected chi connectivity index (χ0v) is 12.6. The van der Waals surface area contributed by atoms with Crippen molar-refractivity contribution in [3.8, 4) is 0 Å². The fraction of sp³-hybridized carbons (Fsp3) is 0.222. The van der Waals surface area contributed by atoms with Crippen LogP contribution in [0.5, 0.6) is 0 Å². The molecular weight excluding hydrogens is 274 g/mol. The molecule has 4 heteroatoms. The highest BCUT2D eigenvalue weighted by molar-refractivity contribution is 5.86. The van der Waals surface area contributed by atoms with Gasteiger partial charge in [0, 0.05) is 6.21 Å². The maximum absolute atomic E-state index is 5.70. The van der Waals surface area contributed by atoms with E-state index >= 15 is 0 Å². The number of rotatable bonds is 6. The van der Waals surface area contributed by atoms with Gasteiger partial charge >= 0.3 is 0 Å². The normalized spacial score (nSPS) is 13.0. The van der Waals surface area contributed by atoms with Crippen LogP contribution < -0.4 is 0 Å². The number of aromatic nitrogens is 2. The molecule has 1 unspecified atom stereocenters. The van der Waals surface area contributed by atoms with E-state index in [0.29, 0.717) is 13.2 Å². The Balaban J connectivity index is 1.51. The Bertz CT molecular complexity index is 749. The maximum Gasteiger partial charge on any atom is 0.0931 e. The second kappa shape index (κ2) is 7.00. The Morgan fingerprint density at radius 2 is 2.09 bits per heavy atom. The van der Waals surface area contributed by atoms with Crippen molar-refractivity contribution in [2.45, 2.75) is 19.6 Å². The Morgan fingerprint density at radius 3 is 2.95 bits per heavy atom. The number of fused-ring (bicyclic) bond motifs is 1. The third-order valence-corrected chi connectivity index (χ3v) is 3.39. The van der Waals surface area contributed by atoms with Crippen LogP contribution in [-0.4, -0.2) is 28.8 Å². The van der Waals surface area contributed by atoms with Crippen LogP contribution in [-0.2, 0) is 11.3 Å². The predicted molar refractivity (Wildman–Crippen MR) is 89.2 cm³/mol. The fourth-order valence-corrected chi connectivity index (χ4v) is 2.21. The van der Waals surface area contributed by atoms with E-state index < -0.39 is 0 Å². The zero-order chi connectivity index (χ0) is 15.2. The zero-order valence-electron chi connectivity index (χ0n) is 12.6. The second-order valence-corrected chi connectivity index (χ2v) is 5.31. The minimum atomic E-state index is 0.126. The van der Waals surface area contributed by atoms with Gasteiger partial charge in [-0.25, -0.2) is 4.98 Å². The van der Waals surface area contributed by atoms with Crippen LogP contribution in [0.3, 0.4) is 0 Å². The quantitative estimate of drug-likeness (QED) is 0.706. The van der Waals surface area contributed by atoms with E-state index in [2.05, 4.69) is 34.0 Å². The lowest BCUT2D eigenvalue weighted by Crippen LogP contribution is -2.09. The summed E-state index contributed by atoms with van der Waals surface area (Å²) in [7, 11) is 0. The number of imidazole rings is 1. The van der Waals surface area contributed by atoms with E-state index in [4.69, 9.17) is 4.74 Å². The van der Waals surface area contributed by atoms with E-state index in [1.165, 1.54) is 5.56 Å². The van der Waals surface area contributed by atoms with Gasteiger partial charge in [0.25, 0.3) is 0 Å². The predicted octanol–water partition coefficient (Wildman–Crippen LogP) is 3.59. The van der Waals surface area contributed by atoms with Crippen molar-refractivity contribution < 1.29 is 4.74 Å². The lowest BCUT2D eigenvalue weighted by atomic mass is 10.2. The summed E-state index contributed by atoms with van der Waals surface area (Å²) in [4.78, 5) is 11.8. The number of hydrogen-bond donors (Lipinski definition) is 1. The fourth-order valence-electron chi connectivity index (χ4n) is 2.21. The molecule has 0 fully saturated rings. The topological polar surface area (TPSA) is 50.3 Å². The van der Waals surface area contributed by atoms with Crippen LogP contribution in [0.15, 0.2) is 59.9 Å². The van der Waals surface area contributed by atoms with E-state index in [9.17, 15) is 0 Å². The number of hydrogen-bond acceptors (Lipinski definition) is 3. The summed E-state index contributed by atoms with van der Waals surface area (Å²) in [6, 6.07) is 16.4. The lowest BCUT2D eigenvalue weighted by molar-refractivity contribution is 0.112. The molecule has 3 rings (SSSR count). The van der Waals surface area contributed by atoms with Crippen molar-refractivity contribution in [2.75, 3.05) is 6.61 Å². The summed E-state index contributed by atoms with van der Waals surface area (Å²) >= 11 is 0. The standard InChI is InChI=1S/C18H19N3O/c1-14(11-22-12-15-5-3-2-4-6-15)19-10-16-7-8-17-18(9-16)21-13-20-17/h2-10,13-14H,11-12H2,1H3,(H,20,21). The van der Waals surface area contributed by atoms with Crippen LogP contribution in [0.2, 0.25) is 0 Å². The van der Waals surface area contributed by atoms with Gasteiger partial charge in [0.2, 0.25) is 0 Å². The van der Waals surface area contributed by atoms with E-state index in [-0.39, 0.29) is 6.04 Å². The number of nitrogens with zero attached hydrogens (tertiary/aromatic N) is 2. The Labute approximate surface area is 129 Å². The van der Waals surface area contributed by atoms with Gasteiger partial charge in [0.15, 0.2) is 0 Å². The summed E-state index contributed by atoms with van der Waals surface area (Å²) in [6.45, 7) is 3.29. The monoisotopic (exact) mass is 293 g/mol. The van der Waals surface area contributed by atoms with Gasteiger partial charge in [-0.2, -0.15) is 0 Å². The molecule has 0 radical (unpaired) electrons. The van der Waals surface area contributed by atoms with Crippen LogP contribution in [0.4, 0.5) is 0 Å². The molecule has 2 aromatic carbocycles. The number of aromatic amines is 1. The summed E-state index contributed by atoms with van der Waals surface area (Å²) < 4.78 is 5.70. The molecule has 0 spiro atoms. The minimum Gasteiger partial charge on any atom is -0.375 e. The van der Waals surface area contributed by atoms with Crippen molar-refractivity contribution in [2.24, 2.45) is 4.99 Å². The minimum absolute atomic E-state index is 0.126. The Kier molecular flexibility index (Phi) is 4.61. The first-order valence-electron chi connectivity index (χ1n) is 7.39. The lowest BCUT2D eigenvalue weighted by Gasteiger charge is -2.07. The molecule has 112 valence electrons. The number of nitrogens with one attached hydrogen (secondary N) is 1. The molecule has 0 amide bonds. The smallest absolute Gasteiger partial charge is 0.0931 e. The third kappa shape index (κ3) is 3.80. The van der Waals surface area contributed by atoms with E-state index in [1.807, 2.05) is 42.6 Å². The molecule has 1 heterocycles. The van der Waals surface area contributed by atoms with Gasteiger partial charge in [-0.05, 0) is 30.2 Å². The molecule has 0 saturated heterocycles. The van der Waals surface area contributed by atoms with Crippen LogP contribution >= 0.6 is 0 Å². The molecule has 3 aromatic rings. The Morgan fingerprint density at radius 1 is 1.23 bits per heavy atom. The van der Waals surface area contributed by atoms with Crippen molar-refractivity contribution in [1.29, 1.82) is 0 Å². The van der Waals surface area contributed by atoms with Gasteiger partial charge in [-0.15, -0.1) is 0 Å². The number of ether oxygens (including phenoxy) is 1. The average molecular weight is 293 g/mol. The van der Waals surface area contributed by atoms with Crippen LogP contribution in [0, 0.1) is 0 Å². The molecule has 1 aromatic heterocycles. The van der Waals surface area contributed by atoms with E-state index in [0.717, 1.165) is 16.6 Å². The van der Waals surface area contributed by atoms with Gasteiger partial charge in [-0.3, -0.25) is 4.99 Å². The number of H-pyrrole nitrogens is 1. The molecule has 0 aliphatic carbocycles. The average Bonchev–Trinajstić information content (AvgIpc) is 3.01. The van der Waals surface area contributed by atoms with Crippen LogP contribution in [0.1, 0.15) is 18.1 Å². The summed E-state index contributed by atoms with van der Waals surface area (Å²) in [5.41, 5.74) is 4.24. The largest absolute Gasteiger partial charge is 0.375 e. The summed E-state index contributed by atoms with van der Waals surface area (Å²) in [6.07, 6.45) is 3.59.